The lowest BCUT2D eigenvalue weighted by Gasteiger charge is -2.17. The van der Waals surface area contributed by atoms with Gasteiger partial charge < -0.3 is 0 Å². The molecule has 2 atom stereocenters. The Kier molecular flexibility index (Phi) is 32.3. The Labute approximate surface area is 524 Å². The summed E-state index contributed by atoms with van der Waals surface area (Å²) in [4.78, 5) is 11.4. The van der Waals surface area contributed by atoms with Crippen LogP contribution in [0.4, 0.5) is 0 Å². The van der Waals surface area contributed by atoms with Gasteiger partial charge >= 0.3 is 0 Å². The fraction of sp³-hybridized carbons (Fsp3) is 0.694. The standard InChI is InChI=1S/C72H110N4S6/c1-7-11-15-19-23-27-29-33-37-40-44-57(43-39-35-31-25-21-17-13-9-3)52-59-51-55(5)77-70(59)63-49-47-61(78-63)62-48-50-64(79-62)71-60(54-65(80-71)66-68-69(81-76-74-68)56(6)67-72(66)82-75-73-67)53-58(45-41-36-32-26-22-18-14-10-4)46-42-38-34-30-28-24-20-16-12-8-2/h47-51,54,57-58H,7-46,52-53H2,1-6H3. The van der Waals surface area contributed by atoms with Gasteiger partial charge in [0.05, 0.1) is 9.40 Å². The number of fused-ring (bicyclic) bond motifs is 2. The number of benzene rings is 1. The molecule has 6 aromatic heterocycles. The van der Waals surface area contributed by atoms with E-state index in [9.17, 15) is 0 Å². The summed E-state index contributed by atoms with van der Waals surface area (Å²) in [6.07, 6.45) is 58.2. The molecule has 0 aliphatic carbocycles. The van der Waals surface area contributed by atoms with E-state index < -0.39 is 0 Å². The molecule has 0 aliphatic rings. The summed E-state index contributed by atoms with van der Waals surface area (Å²) in [5, 5.41) is 9.50. The number of thiophene rings is 4. The summed E-state index contributed by atoms with van der Waals surface area (Å²) >= 11 is 11.1. The molecule has 0 saturated carbocycles. The van der Waals surface area contributed by atoms with Crippen LogP contribution in [0.5, 0.6) is 0 Å². The molecule has 0 N–H and O–H groups in total. The maximum atomic E-state index is 4.82. The molecule has 6 heterocycles. The van der Waals surface area contributed by atoms with Gasteiger partial charge in [-0.3, -0.25) is 0 Å². The first-order valence-corrected chi connectivity index (χ1v) is 39.0. The van der Waals surface area contributed by atoms with E-state index in [-0.39, 0.29) is 0 Å². The van der Waals surface area contributed by atoms with Crippen molar-refractivity contribution in [2.45, 2.75) is 311 Å². The van der Waals surface area contributed by atoms with Crippen molar-refractivity contribution in [2.24, 2.45) is 11.8 Å². The summed E-state index contributed by atoms with van der Waals surface area (Å²) < 4.78 is 11.4. The molecule has 0 radical (unpaired) electrons. The Bertz CT molecular complexity index is 2710. The Morgan fingerprint density at radius 1 is 0.341 bits per heavy atom. The van der Waals surface area contributed by atoms with Gasteiger partial charge in [0.2, 0.25) is 0 Å². The van der Waals surface area contributed by atoms with Gasteiger partial charge in [0.25, 0.3) is 0 Å². The molecule has 10 heteroatoms. The molecule has 0 aliphatic heterocycles. The topological polar surface area (TPSA) is 51.6 Å². The van der Waals surface area contributed by atoms with Crippen LogP contribution in [0.2, 0.25) is 0 Å². The summed E-state index contributed by atoms with van der Waals surface area (Å²) in [5.74, 6) is 1.48. The van der Waals surface area contributed by atoms with Gasteiger partial charge in [0, 0.05) is 44.6 Å². The summed E-state index contributed by atoms with van der Waals surface area (Å²) in [6.45, 7) is 13.8. The minimum absolute atomic E-state index is 0.692. The molecular formula is C72H110N4S6. The van der Waals surface area contributed by atoms with E-state index in [0.29, 0.717) is 5.92 Å². The Morgan fingerprint density at radius 2 is 0.683 bits per heavy atom. The van der Waals surface area contributed by atoms with Crippen LogP contribution in [0.15, 0.2) is 36.4 Å². The van der Waals surface area contributed by atoms with Crippen LogP contribution in [0.3, 0.4) is 0 Å². The summed E-state index contributed by atoms with van der Waals surface area (Å²) in [7, 11) is 0. The highest BCUT2D eigenvalue weighted by molar-refractivity contribution is 7.29. The summed E-state index contributed by atoms with van der Waals surface area (Å²) in [5.41, 5.74) is 7.50. The molecule has 0 fully saturated rings. The molecule has 0 amide bonds. The van der Waals surface area contributed by atoms with Crippen molar-refractivity contribution in [1.82, 2.24) is 19.2 Å². The highest BCUT2D eigenvalue weighted by atomic mass is 32.1. The van der Waals surface area contributed by atoms with Crippen molar-refractivity contribution in [3.8, 4) is 39.7 Å². The lowest BCUT2D eigenvalue weighted by Crippen LogP contribution is -2.05. The van der Waals surface area contributed by atoms with Crippen LogP contribution in [0.1, 0.15) is 306 Å². The Balaban J connectivity index is 1.09. The SMILES string of the molecule is CCCCCCCCCCCCC(CCCCCCCCCC)Cc1cc(C)sc1-c1ccc(-c2ccc(-c3sc(-c4c5nnsc5c(C)c5nnsc45)cc3CC(CCCCCCCCCC)CCCCCCCCCCCC)s2)s1. The number of unbranched alkanes of at least 4 members (excludes halogenated alkanes) is 32. The largest absolute Gasteiger partial charge is 0.139 e. The van der Waals surface area contributed by atoms with Gasteiger partial charge in [-0.15, -0.1) is 55.5 Å². The monoisotopic (exact) mass is 1220 g/mol. The van der Waals surface area contributed by atoms with Crippen LogP contribution in [0, 0.1) is 25.7 Å². The molecule has 7 rings (SSSR count). The van der Waals surface area contributed by atoms with E-state index in [2.05, 4.69) is 92.0 Å². The van der Waals surface area contributed by atoms with Crippen molar-refractivity contribution in [2.75, 3.05) is 0 Å². The van der Waals surface area contributed by atoms with Crippen LogP contribution in [-0.2, 0) is 12.8 Å². The highest BCUT2D eigenvalue weighted by Gasteiger charge is 2.25. The maximum Gasteiger partial charge on any atom is 0.116 e. The molecule has 4 nitrogen and oxygen atoms in total. The predicted molar refractivity (Wildman–Crippen MR) is 373 cm³/mol. The fourth-order valence-electron chi connectivity index (χ4n) is 13.0. The second-order valence-electron chi connectivity index (χ2n) is 25.0. The highest BCUT2D eigenvalue weighted by Crippen LogP contribution is 2.50. The smallest absolute Gasteiger partial charge is 0.116 e. The third kappa shape index (κ3) is 22.1. The van der Waals surface area contributed by atoms with Gasteiger partial charge in [0.1, 0.15) is 11.0 Å². The Hall–Kier alpha value is -2.34. The van der Waals surface area contributed by atoms with E-state index in [1.165, 1.54) is 336 Å². The molecular weight excluding hydrogens is 1110 g/mol. The van der Waals surface area contributed by atoms with E-state index in [1.54, 1.807) is 5.56 Å². The zero-order valence-corrected chi connectivity index (χ0v) is 57.5. The zero-order chi connectivity index (χ0) is 57.4. The maximum absolute atomic E-state index is 4.82. The summed E-state index contributed by atoms with van der Waals surface area (Å²) in [6, 6.07) is 14.9. The Morgan fingerprint density at radius 3 is 1.10 bits per heavy atom. The number of hydrogen-bond donors (Lipinski definition) is 0. The molecule has 0 bridgehead atoms. The van der Waals surface area contributed by atoms with E-state index in [4.69, 9.17) is 5.10 Å². The quantitative estimate of drug-likeness (QED) is 0.0357. The number of aryl methyl sites for hydroxylation is 2. The molecule has 7 aromatic rings. The van der Waals surface area contributed by atoms with Crippen LogP contribution in [-0.4, -0.2) is 19.2 Å². The van der Waals surface area contributed by atoms with Gasteiger partial charge in [-0.1, -0.05) is 294 Å². The molecule has 0 saturated heterocycles. The third-order valence-electron chi connectivity index (χ3n) is 17.9. The van der Waals surface area contributed by atoms with Gasteiger partial charge in [-0.25, -0.2) is 0 Å². The van der Waals surface area contributed by atoms with E-state index in [1.807, 2.05) is 45.3 Å². The predicted octanol–water partition coefficient (Wildman–Crippen LogP) is 27.2. The zero-order valence-electron chi connectivity index (χ0n) is 52.6. The van der Waals surface area contributed by atoms with Gasteiger partial charge in [0.15, 0.2) is 0 Å². The fourth-order valence-corrected chi connectivity index (χ4v) is 19.2. The van der Waals surface area contributed by atoms with Crippen LogP contribution in [0.25, 0.3) is 60.1 Å². The first kappa shape index (κ1) is 67.2. The molecule has 2 unspecified atom stereocenters. The average molecular weight is 1220 g/mol. The van der Waals surface area contributed by atoms with Crippen molar-refractivity contribution in [1.29, 1.82) is 0 Å². The minimum Gasteiger partial charge on any atom is -0.139 e. The minimum atomic E-state index is 0.692. The first-order chi connectivity index (χ1) is 40.4. The van der Waals surface area contributed by atoms with Gasteiger partial charge in [-0.05, 0) is 115 Å². The van der Waals surface area contributed by atoms with E-state index >= 15 is 0 Å². The first-order valence-electron chi connectivity index (χ1n) is 34.2. The van der Waals surface area contributed by atoms with Crippen LogP contribution >= 0.6 is 68.4 Å². The molecule has 1 aromatic carbocycles. The van der Waals surface area contributed by atoms with Gasteiger partial charge in [-0.2, -0.15) is 0 Å². The third-order valence-corrected chi connectivity index (χ3v) is 24.5. The lowest BCUT2D eigenvalue weighted by molar-refractivity contribution is 0.400. The van der Waals surface area contributed by atoms with Crippen molar-refractivity contribution in [3.63, 3.8) is 0 Å². The van der Waals surface area contributed by atoms with E-state index in [0.717, 1.165) is 38.3 Å². The van der Waals surface area contributed by atoms with Crippen LogP contribution < -0.4 is 0 Å². The second-order valence-corrected chi connectivity index (χ2v) is 31.0. The lowest BCUT2D eigenvalue weighted by atomic mass is 9.88. The normalized spacial score (nSPS) is 12.8. The number of rotatable bonds is 48. The molecule has 454 valence electrons. The number of hydrogen-bond acceptors (Lipinski definition) is 10. The van der Waals surface area contributed by atoms with Crippen molar-refractivity contribution in [3.05, 3.63) is 58.0 Å². The molecule has 0 spiro atoms. The second kappa shape index (κ2) is 39.5. The number of aromatic nitrogens is 4. The average Bonchev–Trinajstić information content (AvgIpc) is 4.47. The number of nitrogens with zero attached hydrogens (tertiary/aromatic N) is 4. The van der Waals surface area contributed by atoms with Crippen molar-refractivity contribution < 1.29 is 0 Å². The molecule has 82 heavy (non-hydrogen) atoms. The van der Waals surface area contributed by atoms with Crippen molar-refractivity contribution >= 4 is 88.8 Å².